The smallest absolute Gasteiger partial charge is 0.194 e. The lowest BCUT2D eigenvalue weighted by molar-refractivity contribution is 0.0483. The molecule has 1 heterocycles. The second-order valence-electron chi connectivity index (χ2n) is 6.83. The molecule has 25 heavy (non-hydrogen) atoms. The largest absolute Gasteiger partial charge is 0.383 e. The Balaban J connectivity index is 1.75. The summed E-state index contributed by atoms with van der Waals surface area (Å²) in [7, 11) is 4.08. The van der Waals surface area contributed by atoms with Gasteiger partial charge in [0.25, 0.3) is 0 Å². The SMILES string of the molecule is CCNC(=NCC1(O)CCc2ccccc21)N(C)Cc1cccn1C. The minimum absolute atomic E-state index is 0.379. The molecule has 0 aliphatic heterocycles. The van der Waals surface area contributed by atoms with Crippen molar-refractivity contribution in [3.8, 4) is 0 Å². The number of aliphatic imine (C=N–C) groups is 1. The van der Waals surface area contributed by atoms with Gasteiger partial charge in [-0.25, -0.2) is 4.99 Å². The maximum atomic E-state index is 11.1. The third-order valence-electron chi connectivity index (χ3n) is 4.96. The predicted molar refractivity (Wildman–Crippen MR) is 102 cm³/mol. The highest BCUT2D eigenvalue weighted by Gasteiger charge is 2.36. The van der Waals surface area contributed by atoms with Gasteiger partial charge in [-0.3, -0.25) is 0 Å². The number of benzene rings is 1. The number of aliphatic hydroxyl groups is 1. The van der Waals surface area contributed by atoms with Gasteiger partial charge in [-0.15, -0.1) is 0 Å². The van der Waals surface area contributed by atoms with Crippen LogP contribution in [0.3, 0.4) is 0 Å². The highest BCUT2D eigenvalue weighted by molar-refractivity contribution is 5.79. The minimum Gasteiger partial charge on any atom is -0.383 e. The summed E-state index contributed by atoms with van der Waals surface area (Å²) in [5.74, 6) is 0.821. The Labute approximate surface area is 150 Å². The molecule has 5 heteroatoms. The van der Waals surface area contributed by atoms with Crippen molar-refractivity contribution in [1.82, 2.24) is 14.8 Å². The molecule has 0 bridgehead atoms. The van der Waals surface area contributed by atoms with Crippen LogP contribution in [0.2, 0.25) is 0 Å². The quantitative estimate of drug-likeness (QED) is 0.648. The molecule has 1 unspecified atom stereocenters. The third kappa shape index (κ3) is 3.71. The molecular formula is C20H28N4O. The van der Waals surface area contributed by atoms with Gasteiger partial charge in [0.05, 0.1) is 13.1 Å². The summed E-state index contributed by atoms with van der Waals surface area (Å²) in [4.78, 5) is 6.85. The molecule has 0 spiro atoms. The molecule has 0 saturated carbocycles. The van der Waals surface area contributed by atoms with Gasteiger partial charge in [0.1, 0.15) is 5.60 Å². The van der Waals surface area contributed by atoms with Crippen molar-refractivity contribution >= 4 is 5.96 Å². The van der Waals surface area contributed by atoms with Crippen LogP contribution < -0.4 is 5.32 Å². The number of hydrogen-bond donors (Lipinski definition) is 2. The molecular weight excluding hydrogens is 312 g/mol. The number of rotatable bonds is 5. The van der Waals surface area contributed by atoms with Crippen molar-refractivity contribution < 1.29 is 5.11 Å². The first kappa shape index (κ1) is 17.5. The molecule has 1 aliphatic rings. The molecule has 0 saturated heterocycles. The first-order valence-corrected chi connectivity index (χ1v) is 8.94. The van der Waals surface area contributed by atoms with E-state index in [1.54, 1.807) is 0 Å². The van der Waals surface area contributed by atoms with Crippen molar-refractivity contribution in [3.63, 3.8) is 0 Å². The zero-order valence-electron chi connectivity index (χ0n) is 15.4. The van der Waals surface area contributed by atoms with Gasteiger partial charge in [0.15, 0.2) is 5.96 Å². The molecule has 1 atom stereocenters. The Morgan fingerprint density at radius 1 is 1.32 bits per heavy atom. The van der Waals surface area contributed by atoms with E-state index in [0.29, 0.717) is 6.54 Å². The Hall–Kier alpha value is -2.27. The lowest BCUT2D eigenvalue weighted by atomic mass is 9.96. The molecule has 0 amide bonds. The van der Waals surface area contributed by atoms with E-state index in [9.17, 15) is 5.11 Å². The number of hydrogen-bond acceptors (Lipinski definition) is 2. The second-order valence-corrected chi connectivity index (χ2v) is 6.83. The van der Waals surface area contributed by atoms with Crippen LogP contribution >= 0.6 is 0 Å². The molecule has 1 aromatic heterocycles. The predicted octanol–water partition coefficient (Wildman–Crippen LogP) is 2.26. The van der Waals surface area contributed by atoms with E-state index < -0.39 is 5.60 Å². The van der Waals surface area contributed by atoms with Gasteiger partial charge < -0.3 is 19.9 Å². The van der Waals surface area contributed by atoms with E-state index in [1.165, 1.54) is 11.3 Å². The Kier molecular flexibility index (Phi) is 5.13. The first-order valence-electron chi connectivity index (χ1n) is 8.94. The van der Waals surface area contributed by atoms with Gasteiger partial charge in [-0.2, -0.15) is 0 Å². The number of aryl methyl sites for hydroxylation is 2. The van der Waals surface area contributed by atoms with Crippen LogP contribution in [0, 0.1) is 0 Å². The van der Waals surface area contributed by atoms with Crippen LogP contribution in [0.25, 0.3) is 0 Å². The average molecular weight is 340 g/mol. The van der Waals surface area contributed by atoms with E-state index in [4.69, 9.17) is 4.99 Å². The summed E-state index contributed by atoms with van der Waals surface area (Å²) in [5.41, 5.74) is 2.63. The van der Waals surface area contributed by atoms with Crippen molar-refractivity contribution in [2.24, 2.45) is 12.0 Å². The minimum atomic E-state index is -0.858. The van der Waals surface area contributed by atoms with Crippen molar-refractivity contribution in [2.75, 3.05) is 20.1 Å². The van der Waals surface area contributed by atoms with Crippen molar-refractivity contribution in [3.05, 3.63) is 59.4 Å². The highest BCUT2D eigenvalue weighted by Crippen LogP contribution is 2.36. The third-order valence-corrected chi connectivity index (χ3v) is 4.96. The number of guanidine groups is 1. The lowest BCUT2D eigenvalue weighted by Gasteiger charge is -2.26. The molecule has 1 aliphatic carbocycles. The number of nitrogens with one attached hydrogen (secondary N) is 1. The molecule has 2 aromatic rings. The van der Waals surface area contributed by atoms with Gasteiger partial charge in [-0.1, -0.05) is 24.3 Å². The lowest BCUT2D eigenvalue weighted by Crippen LogP contribution is -2.40. The van der Waals surface area contributed by atoms with Crippen LogP contribution in [0.15, 0.2) is 47.6 Å². The zero-order chi connectivity index (χ0) is 17.9. The molecule has 1 aromatic carbocycles. The van der Waals surface area contributed by atoms with Gasteiger partial charge in [0, 0.05) is 32.5 Å². The van der Waals surface area contributed by atoms with Crippen molar-refractivity contribution in [1.29, 1.82) is 0 Å². The van der Waals surface area contributed by atoms with E-state index >= 15 is 0 Å². The molecule has 3 rings (SSSR count). The summed E-state index contributed by atoms with van der Waals surface area (Å²) in [6.45, 7) is 4.00. The summed E-state index contributed by atoms with van der Waals surface area (Å²) in [6, 6.07) is 12.3. The van der Waals surface area contributed by atoms with Gasteiger partial charge in [0.2, 0.25) is 0 Å². The molecule has 5 nitrogen and oxygen atoms in total. The Morgan fingerprint density at radius 3 is 2.84 bits per heavy atom. The van der Waals surface area contributed by atoms with E-state index in [2.05, 4.69) is 33.8 Å². The normalized spacial score (nSPS) is 19.8. The summed E-state index contributed by atoms with van der Waals surface area (Å²) >= 11 is 0. The van der Waals surface area contributed by atoms with Gasteiger partial charge in [-0.05, 0) is 43.0 Å². The average Bonchev–Trinajstić information content (AvgIpc) is 3.16. The molecule has 0 radical (unpaired) electrons. The van der Waals surface area contributed by atoms with Crippen LogP contribution in [-0.4, -0.2) is 40.7 Å². The van der Waals surface area contributed by atoms with Crippen LogP contribution in [-0.2, 0) is 25.6 Å². The number of aromatic nitrogens is 1. The Morgan fingerprint density at radius 2 is 2.12 bits per heavy atom. The van der Waals surface area contributed by atoms with Crippen LogP contribution in [0.4, 0.5) is 0 Å². The van der Waals surface area contributed by atoms with Gasteiger partial charge >= 0.3 is 0 Å². The summed E-state index contributed by atoms with van der Waals surface area (Å²) in [6.07, 6.45) is 3.69. The number of fused-ring (bicyclic) bond motifs is 1. The highest BCUT2D eigenvalue weighted by atomic mass is 16.3. The maximum absolute atomic E-state index is 11.1. The standard InChI is InChI=1S/C20H28N4O/c1-4-21-19(24(3)14-17-9-7-13-23(17)2)22-15-20(25)12-11-16-8-5-6-10-18(16)20/h5-10,13,25H,4,11-12,14-15H2,1-3H3,(H,21,22). The van der Waals surface area contributed by atoms with E-state index in [-0.39, 0.29) is 0 Å². The van der Waals surface area contributed by atoms with Crippen LogP contribution in [0.5, 0.6) is 0 Å². The fourth-order valence-electron chi connectivity index (χ4n) is 3.49. The first-order chi connectivity index (χ1) is 12.0. The summed E-state index contributed by atoms with van der Waals surface area (Å²) < 4.78 is 2.11. The topological polar surface area (TPSA) is 52.8 Å². The van der Waals surface area contributed by atoms with E-state index in [1.807, 2.05) is 44.6 Å². The second kappa shape index (κ2) is 7.31. The monoisotopic (exact) mass is 340 g/mol. The van der Waals surface area contributed by atoms with E-state index in [0.717, 1.165) is 37.5 Å². The molecule has 134 valence electrons. The fourth-order valence-corrected chi connectivity index (χ4v) is 3.49. The maximum Gasteiger partial charge on any atom is 0.194 e. The molecule has 2 N–H and O–H groups in total. The Bertz CT molecular complexity index is 752. The number of nitrogens with zero attached hydrogens (tertiary/aromatic N) is 3. The molecule has 0 fully saturated rings. The summed E-state index contributed by atoms with van der Waals surface area (Å²) in [5, 5.41) is 14.4. The van der Waals surface area contributed by atoms with Crippen LogP contribution in [0.1, 0.15) is 30.2 Å². The van der Waals surface area contributed by atoms with Crippen molar-refractivity contribution in [2.45, 2.75) is 31.9 Å². The fraction of sp³-hybridized carbons (Fsp3) is 0.450. The zero-order valence-corrected chi connectivity index (χ0v) is 15.4.